The van der Waals surface area contributed by atoms with Crippen LogP contribution >= 0.6 is 11.8 Å². The lowest BCUT2D eigenvalue weighted by atomic mass is 9.68. The molecular formula is C29H30N2OS. The van der Waals surface area contributed by atoms with Gasteiger partial charge in [0.05, 0.1) is 6.04 Å². The first-order chi connectivity index (χ1) is 16.3. The minimum Gasteiger partial charge on any atom is -0.378 e. The summed E-state index contributed by atoms with van der Waals surface area (Å²) < 4.78 is 0. The fourth-order valence-corrected chi connectivity index (χ4v) is 7.36. The van der Waals surface area contributed by atoms with E-state index in [0.717, 1.165) is 23.2 Å². The number of rotatable bonds is 6. The number of hydrogen-bond donors (Lipinski definition) is 2. The molecule has 1 aliphatic heterocycles. The van der Waals surface area contributed by atoms with Crippen LogP contribution < -0.4 is 10.6 Å². The number of carbonyl (C=O) groups is 1. The lowest BCUT2D eigenvalue weighted by Crippen LogP contribution is -2.35. The summed E-state index contributed by atoms with van der Waals surface area (Å²) in [5.74, 6) is 3.64. The molecule has 2 N–H and O–H groups in total. The number of thioether (sulfide) groups is 1. The van der Waals surface area contributed by atoms with Gasteiger partial charge in [-0.05, 0) is 84.4 Å². The molecule has 168 valence electrons. The minimum atomic E-state index is 0.0383. The molecule has 0 aromatic heterocycles. The smallest absolute Gasteiger partial charge is 0.251 e. The third-order valence-electron chi connectivity index (χ3n) is 7.91. The number of carbonyl (C=O) groups excluding carboxylic acids is 1. The summed E-state index contributed by atoms with van der Waals surface area (Å²) in [6.07, 6.45) is 4.03. The van der Waals surface area contributed by atoms with Gasteiger partial charge < -0.3 is 10.6 Å². The highest BCUT2D eigenvalue weighted by atomic mass is 32.2. The van der Waals surface area contributed by atoms with E-state index >= 15 is 0 Å². The van der Waals surface area contributed by atoms with E-state index < -0.39 is 0 Å². The van der Waals surface area contributed by atoms with Crippen molar-refractivity contribution in [2.24, 2.45) is 17.8 Å². The van der Waals surface area contributed by atoms with Crippen molar-refractivity contribution in [3.8, 4) is 0 Å². The van der Waals surface area contributed by atoms with E-state index in [1.54, 1.807) is 11.8 Å². The quantitative estimate of drug-likeness (QED) is 0.330. The van der Waals surface area contributed by atoms with Gasteiger partial charge >= 0.3 is 0 Å². The Bertz CT molecular complexity index is 1130. The molecule has 2 aliphatic carbocycles. The Labute approximate surface area is 200 Å². The van der Waals surface area contributed by atoms with Crippen molar-refractivity contribution in [3.05, 3.63) is 95.6 Å². The van der Waals surface area contributed by atoms with Crippen LogP contribution in [0.3, 0.4) is 0 Å². The maximum atomic E-state index is 12.9. The van der Waals surface area contributed by atoms with Crippen LogP contribution in [0.2, 0.25) is 0 Å². The van der Waals surface area contributed by atoms with Crippen molar-refractivity contribution in [1.82, 2.24) is 5.32 Å². The molecule has 3 aromatic rings. The van der Waals surface area contributed by atoms with Crippen LogP contribution in [-0.2, 0) is 0 Å². The van der Waals surface area contributed by atoms with Crippen LogP contribution in [-0.4, -0.2) is 18.2 Å². The zero-order valence-electron chi connectivity index (χ0n) is 18.7. The summed E-state index contributed by atoms with van der Waals surface area (Å²) in [7, 11) is 0. The van der Waals surface area contributed by atoms with Gasteiger partial charge in [-0.2, -0.15) is 0 Å². The molecule has 5 atom stereocenters. The van der Waals surface area contributed by atoms with E-state index in [9.17, 15) is 4.79 Å². The van der Waals surface area contributed by atoms with Gasteiger partial charge in [-0.25, -0.2) is 0 Å². The van der Waals surface area contributed by atoms with Gasteiger partial charge in [0.1, 0.15) is 0 Å². The number of benzene rings is 3. The monoisotopic (exact) mass is 454 g/mol. The van der Waals surface area contributed by atoms with Gasteiger partial charge in [-0.1, -0.05) is 48.5 Å². The lowest BCUT2D eigenvalue weighted by Gasteiger charge is -2.43. The molecule has 2 saturated carbocycles. The average molecular weight is 455 g/mol. The molecular weight excluding hydrogens is 424 g/mol. The lowest BCUT2D eigenvalue weighted by molar-refractivity contribution is 0.0956. The van der Waals surface area contributed by atoms with Crippen LogP contribution in [0.15, 0.2) is 83.8 Å². The highest BCUT2D eigenvalue weighted by Gasteiger charge is 2.53. The Balaban J connectivity index is 1.19. The topological polar surface area (TPSA) is 41.1 Å². The average Bonchev–Trinajstić information content (AvgIpc) is 3.50. The van der Waals surface area contributed by atoms with Crippen molar-refractivity contribution in [3.63, 3.8) is 0 Å². The Kier molecular flexibility index (Phi) is 5.63. The SMILES string of the molecule is O=C(NCCSc1ccccc1)c1ccc2c(c1)[C@@H]1[C@H]3CC[C@@H](C3)[C@H]1[C@H](c1ccccc1)N2. The van der Waals surface area contributed by atoms with Crippen molar-refractivity contribution in [2.45, 2.75) is 36.1 Å². The van der Waals surface area contributed by atoms with Crippen molar-refractivity contribution < 1.29 is 4.79 Å². The predicted molar refractivity (Wildman–Crippen MR) is 136 cm³/mol. The van der Waals surface area contributed by atoms with E-state index in [1.165, 1.54) is 41.0 Å². The second-order valence-corrected chi connectivity index (χ2v) is 10.9. The summed E-state index contributed by atoms with van der Waals surface area (Å²) in [6, 6.07) is 28.0. The first-order valence-corrected chi connectivity index (χ1v) is 13.2. The van der Waals surface area contributed by atoms with E-state index in [0.29, 0.717) is 24.4 Å². The second-order valence-electron chi connectivity index (χ2n) is 9.69. The highest BCUT2D eigenvalue weighted by Crippen LogP contribution is 2.63. The summed E-state index contributed by atoms with van der Waals surface area (Å²) in [4.78, 5) is 14.2. The van der Waals surface area contributed by atoms with Gasteiger partial charge in [-0.15, -0.1) is 11.8 Å². The zero-order valence-corrected chi connectivity index (χ0v) is 19.6. The van der Waals surface area contributed by atoms with Gasteiger partial charge in [-0.3, -0.25) is 4.79 Å². The molecule has 2 bridgehead atoms. The van der Waals surface area contributed by atoms with E-state index in [1.807, 2.05) is 24.3 Å². The Hall–Kier alpha value is -2.72. The van der Waals surface area contributed by atoms with Crippen LogP contribution in [0.4, 0.5) is 5.69 Å². The maximum absolute atomic E-state index is 12.9. The van der Waals surface area contributed by atoms with E-state index in [-0.39, 0.29) is 5.91 Å². The molecule has 2 fully saturated rings. The zero-order chi connectivity index (χ0) is 22.2. The van der Waals surface area contributed by atoms with Gasteiger partial charge in [0, 0.05) is 28.4 Å². The molecule has 6 rings (SSSR count). The number of anilines is 1. The number of hydrogen-bond acceptors (Lipinski definition) is 3. The third-order valence-corrected chi connectivity index (χ3v) is 8.92. The predicted octanol–water partition coefficient (Wildman–Crippen LogP) is 6.51. The van der Waals surface area contributed by atoms with Crippen LogP contribution in [0.25, 0.3) is 0 Å². The van der Waals surface area contributed by atoms with E-state index in [2.05, 4.69) is 65.2 Å². The van der Waals surface area contributed by atoms with Gasteiger partial charge in [0.2, 0.25) is 0 Å². The Morgan fingerprint density at radius 2 is 1.70 bits per heavy atom. The van der Waals surface area contributed by atoms with Crippen LogP contribution in [0, 0.1) is 17.8 Å². The molecule has 33 heavy (non-hydrogen) atoms. The maximum Gasteiger partial charge on any atom is 0.251 e. The molecule has 4 heteroatoms. The number of amides is 1. The minimum absolute atomic E-state index is 0.0383. The largest absolute Gasteiger partial charge is 0.378 e. The molecule has 1 amide bonds. The van der Waals surface area contributed by atoms with E-state index in [4.69, 9.17) is 0 Å². The standard InChI is InChI=1S/C29H30N2OS/c32-29(30-15-16-33-23-9-5-2-6-10-23)22-13-14-25-24(18-22)26-20-11-12-21(17-20)27(26)28(31-25)19-7-3-1-4-8-19/h1-10,13-14,18,20-21,26-28,31H,11-12,15-17H2,(H,30,32)/t20-,21-,26-,27+,28-/m0/s1. The normalized spacial score (nSPS) is 26.8. The summed E-state index contributed by atoms with van der Waals surface area (Å²) in [5.41, 5.74) is 4.77. The molecule has 3 aromatic carbocycles. The summed E-state index contributed by atoms with van der Waals surface area (Å²) in [6.45, 7) is 0.667. The third kappa shape index (κ3) is 3.95. The second kappa shape index (κ2) is 8.90. The molecule has 1 heterocycles. The Morgan fingerprint density at radius 3 is 2.52 bits per heavy atom. The molecule has 0 saturated heterocycles. The van der Waals surface area contributed by atoms with Crippen molar-refractivity contribution >= 4 is 23.4 Å². The van der Waals surface area contributed by atoms with Crippen LogP contribution in [0.1, 0.15) is 52.7 Å². The number of fused-ring (bicyclic) bond motifs is 7. The highest BCUT2D eigenvalue weighted by molar-refractivity contribution is 7.99. The summed E-state index contributed by atoms with van der Waals surface area (Å²) >= 11 is 1.77. The first kappa shape index (κ1) is 20.9. The molecule has 0 radical (unpaired) electrons. The molecule has 0 unspecified atom stereocenters. The number of nitrogens with one attached hydrogen (secondary N) is 2. The van der Waals surface area contributed by atoms with Crippen LogP contribution in [0.5, 0.6) is 0 Å². The molecule has 0 spiro atoms. The van der Waals surface area contributed by atoms with Crippen molar-refractivity contribution in [1.29, 1.82) is 0 Å². The molecule has 3 nitrogen and oxygen atoms in total. The van der Waals surface area contributed by atoms with Crippen molar-refractivity contribution in [2.75, 3.05) is 17.6 Å². The fourth-order valence-electron chi connectivity index (χ4n) is 6.57. The Morgan fingerprint density at radius 1 is 0.939 bits per heavy atom. The molecule has 3 aliphatic rings. The van der Waals surface area contributed by atoms with Gasteiger partial charge in [0.15, 0.2) is 0 Å². The van der Waals surface area contributed by atoms with Gasteiger partial charge in [0.25, 0.3) is 5.91 Å². The summed E-state index contributed by atoms with van der Waals surface area (Å²) in [5, 5.41) is 7.00. The fraction of sp³-hybridized carbons (Fsp3) is 0.345. The first-order valence-electron chi connectivity index (χ1n) is 12.2.